The highest BCUT2D eigenvalue weighted by atomic mass is 16.5. The van der Waals surface area contributed by atoms with Crippen LogP contribution >= 0.6 is 0 Å². The average molecular weight is 275 g/mol. The van der Waals surface area contributed by atoms with E-state index in [-0.39, 0.29) is 30.5 Å². The van der Waals surface area contributed by atoms with Crippen molar-refractivity contribution in [3.8, 4) is 5.75 Å². The molecule has 2 amide bonds. The normalized spacial score (nSPS) is 22.6. The summed E-state index contributed by atoms with van der Waals surface area (Å²) in [6.07, 6.45) is 0.509. The van der Waals surface area contributed by atoms with Crippen LogP contribution in [0.15, 0.2) is 18.2 Å². The maximum atomic E-state index is 11.3. The van der Waals surface area contributed by atoms with Gasteiger partial charge in [0.05, 0.1) is 5.69 Å². The monoisotopic (exact) mass is 275 g/mol. The smallest absolute Gasteiger partial charge is 0.262 e. The van der Waals surface area contributed by atoms with Crippen LogP contribution in [0.3, 0.4) is 0 Å². The number of nitrogens with one attached hydrogen (secondary N) is 3. The van der Waals surface area contributed by atoms with Crippen LogP contribution in [0.4, 0.5) is 5.69 Å². The van der Waals surface area contributed by atoms with Gasteiger partial charge in [-0.15, -0.1) is 0 Å². The fourth-order valence-corrected chi connectivity index (χ4v) is 2.54. The van der Waals surface area contributed by atoms with Gasteiger partial charge in [-0.25, -0.2) is 0 Å². The largest absolute Gasteiger partial charge is 0.482 e. The molecule has 3 N–H and O–H groups in total. The van der Waals surface area contributed by atoms with Gasteiger partial charge in [-0.1, -0.05) is 6.07 Å². The molecule has 0 aliphatic carbocycles. The Morgan fingerprint density at radius 3 is 2.95 bits per heavy atom. The highest BCUT2D eigenvalue weighted by Crippen LogP contribution is 2.30. The molecule has 2 aliphatic rings. The lowest BCUT2D eigenvalue weighted by Crippen LogP contribution is -2.33. The van der Waals surface area contributed by atoms with Crippen molar-refractivity contribution in [3.63, 3.8) is 0 Å². The zero-order chi connectivity index (χ0) is 14.1. The molecule has 0 saturated carbocycles. The van der Waals surface area contributed by atoms with E-state index in [2.05, 4.69) is 16.0 Å². The van der Waals surface area contributed by atoms with Crippen LogP contribution in [0.1, 0.15) is 24.9 Å². The molecule has 0 radical (unpaired) electrons. The molecule has 1 fully saturated rings. The minimum Gasteiger partial charge on any atom is -0.482 e. The number of hydrogen-bond acceptors (Lipinski definition) is 4. The van der Waals surface area contributed by atoms with Crippen LogP contribution in [-0.4, -0.2) is 31.0 Å². The van der Waals surface area contributed by atoms with E-state index < -0.39 is 0 Å². The van der Waals surface area contributed by atoms with Gasteiger partial charge >= 0.3 is 0 Å². The number of rotatable bonds is 3. The van der Waals surface area contributed by atoms with Crippen molar-refractivity contribution in [1.29, 1.82) is 0 Å². The summed E-state index contributed by atoms with van der Waals surface area (Å²) in [5.74, 6) is 0.639. The Morgan fingerprint density at radius 2 is 2.20 bits per heavy atom. The molecule has 1 aromatic rings. The van der Waals surface area contributed by atoms with Gasteiger partial charge in [0.2, 0.25) is 5.91 Å². The number of hydrogen-bond donors (Lipinski definition) is 3. The molecule has 2 heterocycles. The zero-order valence-electron chi connectivity index (χ0n) is 11.2. The second-order valence-corrected chi connectivity index (χ2v) is 5.19. The average Bonchev–Trinajstić information content (AvgIpc) is 2.83. The van der Waals surface area contributed by atoms with Gasteiger partial charge in [0.1, 0.15) is 5.75 Å². The van der Waals surface area contributed by atoms with Crippen LogP contribution in [0, 0.1) is 0 Å². The third-order valence-corrected chi connectivity index (χ3v) is 3.60. The molecule has 20 heavy (non-hydrogen) atoms. The van der Waals surface area contributed by atoms with Gasteiger partial charge in [0.15, 0.2) is 6.61 Å². The summed E-state index contributed by atoms with van der Waals surface area (Å²) < 4.78 is 5.33. The van der Waals surface area contributed by atoms with E-state index >= 15 is 0 Å². The summed E-state index contributed by atoms with van der Waals surface area (Å²) in [7, 11) is 0. The lowest BCUT2D eigenvalue weighted by molar-refractivity contribution is -0.119. The molecule has 0 spiro atoms. The molecular formula is C14H17N3O3. The van der Waals surface area contributed by atoms with Gasteiger partial charge in [0, 0.05) is 25.0 Å². The number of amides is 2. The molecule has 1 saturated heterocycles. The number of anilines is 1. The highest BCUT2D eigenvalue weighted by molar-refractivity contribution is 5.95. The fraction of sp³-hybridized carbons (Fsp3) is 0.429. The Morgan fingerprint density at radius 1 is 1.35 bits per heavy atom. The van der Waals surface area contributed by atoms with E-state index in [9.17, 15) is 9.59 Å². The topological polar surface area (TPSA) is 79.5 Å². The third-order valence-electron chi connectivity index (χ3n) is 3.60. The Bertz CT molecular complexity index is 559. The molecule has 1 aromatic carbocycles. The van der Waals surface area contributed by atoms with E-state index in [1.165, 1.54) is 0 Å². The number of benzene rings is 1. The molecule has 6 heteroatoms. The van der Waals surface area contributed by atoms with Crippen molar-refractivity contribution in [2.75, 3.05) is 18.5 Å². The lowest BCUT2D eigenvalue weighted by atomic mass is 10.1. The molecule has 106 valence electrons. The maximum absolute atomic E-state index is 11.3. The summed E-state index contributed by atoms with van der Waals surface area (Å²) in [5.41, 5.74) is 1.75. The van der Waals surface area contributed by atoms with Crippen molar-refractivity contribution in [2.45, 2.75) is 25.4 Å². The first-order valence-corrected chi connectivity index (χ1v) is 6.71. The van der Waals surface area contributed by atoms with E-state index in [4.69, 9.17) is 4.74 Å². The number of ether oxygens (including phenoxy) is 1. The first-order valence-electron chi connectivity index (χ1n) is 6.71. The minimum absolute atomic E-state index is 0.0655. The summed E-state index contributed by atoms with van der Waals surface area (Å²) in [4.78, 5) is 22.5. The molecule has 6 nitrogen and oxygen atoms in total. The SMILES string of the molecule is CC(NC1CNC(=O)C1)c1ccc2c(c1)NC(=O)CO2. The third kappa shape index (κ3) is 2.60. The van der Waals surface area contributed by atoms with Crippen molar-refractivity contribution >= 4 is 17.5 Å². The Balaban J connectivity index is 1.71. The summed E-state index contributed by atoms with van der Waals surface area (Å²) in [6, 6.07) is 5.99. The van der Waals surface area contributed by atoms with Crippen LogP contribution in [0.2, 0.25) is 0 Å². The quantitative estimate of drug-likeness (QED) is 0.753. The van der Waals surface area contributed by atoms with Gasteiger partial charge in [-0.2, -0.15) is 0 Å². The van der Waals surface area contributed by atoms with Gasteiger partial charge in [-0.3, -0.25) is 9.59 Å². The van der Waals surface area contributed by atoms with Crippen LogP contribution < -0.4 is 20.7 Å². The van der Waals surface area contributed by atoms with E-state index in [0.717, 1.165) is 5.56 Å². The van der Waals surface area contributed by atoms with E-state index in [1.54, 1.807) is 0 Å². The number of fused-ring (bicyclic) bond motifs is 1. The van der Waals surface area contributed by atoms with Crippen molar-refractivity contribution < 1.29 is 14.3 Å². The highest BCUT2D eigenvalue weighted by Gasteiger charge is 2.24. The predicted molar refractivity (Wildman–Crippen MR) is 73.5 cm³/mol. The molecule has 3 rings (SSSR count). The predicted octanol–water partition coefficient (Wildman–Crippen LogP) is 0.557. The van der Waals surface area contributed by atoms with Crippen molar-refractivity contribution in [3.05, 3.63) is 23.8 Å². The summed E-state index contributed by atoms with van der Waals surface area (Å²) in [5, 5.41) is 9.01. The standard InChI is InChI=1S/C14H17N3O3/c1-8(16-10-5-13(18)15-6-10)9-2-3-12-11(4-9)17-14(19)7-20-12/h2-4,8,10,16H,5-7H2,1H3,(H,15,18)(H,17,19). The molecule has 0 bridgehead atoms. The first-order chi connectivity index (χ1) is 9.61. The van der Waals surface area contributed by atoms with E-state index in [1.807, 2.05) is 25.1 Å². The number of carbonyl (C=O) groups excluding carboxylic acids is 2. The van der Waals surface area contributed by atoms with E-state index in [0.29, 0.717) is 24.4 Å². The minimum atomic E-state index is -0.138. The molecule has 0 aromatic heterocycles. The molecule has 2 aliphatic heterocycles. The molecule has 2 atom stereocenters. The van der Waals surface area contributed by atoms with Gasteiger partial charge in [-0.05, 0) is 24.6 Å². The van der Waals surface area contributed by atoms with Crippen molar-refractivity contribution in [1.82, 2.24) is 10.6 Å². The van der Waals surface area contributed by atoms with Gasteiger partial charge in [0.25, 0.3) is 5.91 Å². The summed E-state index contributed by atoms with van der Waals surface area (Å²) >= 11 is 0. The van der Waals surface area contributed by atoms with Crippen LogP contribution in [0.5, 0.6) is 5.75 Å². The Hall–Kier alpha value is -2.08. The lowest BCUT2D eigenvalue weighted by Gasteiger charge is -2.22. The maximum Gasteiger partial charge on any atom is 0.262 e. The first kappa shape index (κ1) is 12.9. The van der Waals surface area contributed by atoms with Gasteiger partial charge < -0.3 is 20.7 Å². The Kier molecular flexibility index (Phi) is 3.31. The van der Waals surface area contributed by atoms with Crippen LogP contribution in [0.25, 0.3) is 0 Å². The zero-order valence-corrected chi connectivity index (χ0v) is 11.2. The summed E-state index contributed by atoms with van der Waals surface area (Å²) in [6.45, 7) is 2.76. The molecule has 2 unspecified atom stereocenters. The number of carbonyl (C=O) groups is 2. The second kappa shape index (κ2) is 5.13. The fourth-order valence-electron chi connectivity index (χ4n) is 2.54. The van der Waals surface area contributed by atoms with Crippen molar-refractivity contribution in [2.24, 2.45) is 0 Å². The Labute approximate surface area is 116 Å². The molecular weight excluding hydrogens is 258 g/mol. The second-order valence-electron chi connectivity index (χ2n) is 5.19. The van der Waals surface area contributed by atoms with Crippen LogP contribution in [-0.2, 0) is 9.59 Å².